The molecule has 33 heavy (non-hydrogen) atoms. The highest BCUT2D eigenvalue weighted by molar-refractivity contribution is 6.18. The van der Waals surface area contributed by atoms with Gasteiger partial charge >= 0.3 is 12.1 Å². The van der Waals surface area contributed by atoms with Gasteiger partial charge in [0.05, 0.1) is 0 Å². The van der Waals surface area contributed by atoms with Crippen molar-refractivity contribution in [1.82, 2.24) is 5.32 Å². The molecule has 2 rings (SSSR count). The number of nitrogens with zero attached hydrogens (tertiary/aromatic N) is 1. The van der Waals surface area contributed by atoms with Crippen LogP contribution in [0.1, 0.15) is 18.4 Å². The van der Waals surface area contributed by atoms with E-state index in [0.29, 0.717) is 30.4 Å². The number of hydrogen-bond donors (Lipinski definition) is 3. The average molecular weight is 496 g/mol. The Hall–Kier alpha value is -2.97. The lowest BCUT2D eigenvalue weighted by molar-refractivity contribution is -0.145. The first-order valence-electron chi connectivity index (χ1n) is 10.3. The van der Waals surface area contributed by atoms with Gasteiger partial charge in [-0.15, -0.1) is 23.2 Å². The minimum atomic E-state index is -1.77. The van der Waals surface area contributed by atoms with Gasteiger partial charge in [0.2, 0.25) is 5.91 Å². The number of hydrogen-bond acceptors (Lipinski definition) is 5. The summed E-state index contributed by atoms with van der Waals surface area (Å²) in [4.78, 5) is 38.2. The number of aliphatic carboxylic acids is 1. The number of nitrogens with two attached hydrogens (primary N) is 1. The Morgan fingerprint density at radius 3 is 2.12 bits per heavy atom. The Kier molecular flexibility index (Phi) is 10.3. The van der Waals surface area contributed by atoms with E-state index in [1.165, 1.54) is 0 Å². The molecule has 8 nitrogen and oxygen atoms in total. The average Bonchev–Trinajstić information content (AvgIpc) is 2.78. The summed E-state index contributed by atoms with van der Waals surface area (Å²) in [5.41, 5.74) is 4.99. The van der Waals surface area contributed by atoms with E-state index in [1.54, 1.807) is 54.6 Å². The van der Waals surface area contributed by atoms with Gasteiger partial charge in [0, 0.05) is 43.4 Å². The number of carbonyl (C=O) groups is 3. The molecule has 0 saturated carbocycles. The second kappa shape index (κ2) is 12.9. The Morgan fingerprint density at radius 1 is 1.00 bits per heavy atom. The molecule has 2 aromatic carbocycles. The largest absolute Gasteiger partial charge is 0.479 e. The first-order valence-corrected chi connectivity index (χ1v) is 11.4. The zero-order valence-electron chi connectivity index (χ0n) is 18.0. The predicted octanol–water partition coefficient (Wildman–Crippen LogP) is 3.39. The number of anilines is 1. The Labute approximate surface area is 202 Å². The van der Waals surface area contributed by atoms with E-state index < -0.39 is 23.5 Å². The quantitative estimate of drug-likeness (QED) is 0.366. The van der Waals surface area contributed by atoms with Gasteiger partial charge < -0.3 is 25.8 Å². The van der Waals surface area contributed by atoms with Crippen LogP contribution < -0.4 is 20.7 Å². The highest BCUT2D eigenvalue weighted by Gasteiger charge is 2.41. The van der Waals surface area contributed by atoms with E-state index in [9.17, 15) is 19.5 Å². The van der Waals surface area contributed by atoms with E-state index in [1.807, 2.05) is 4.90 Å². The lowest BCUT2D eigenvalue weighted by Gasteiger charge is -2.30. The molecule has 10 heteroatoms. The Morgan fingerprint density at radius 2 is 1.61 bits per heavy atom. The molecule has 0 fully saturated rings. The van der Waals surface area contributed by atoms with Gasteiger partial charge in [-0.05, 0) is 36.2 Å². The first-order chi connectivity index (χ1) is 15.8. The van der Waals surface area contributed by atoms with E-state index in [-0.39, 0.29) is 25.0 Å². The monoisotopic (exact) mass is 495 g/mol. The minimum absolute atomic E-state index is 0.0453. The summed E-state index contributed by atoms with van der Waals surface area (Å²) in [6.07, 6.45) is -1.41. The van der Waals surface area contributed by atoms with Gasteiger partial charge in [0.15, 0.2) is 0 Å². The number of benzene rings is 2. The molecule has 4 N–H and O–H groups in total. The molecule has 0 aliphatic heterocycles. The standard InChI is InChI=1S/C23H27Cl2N3O5/c24-12-14-28(15-13-25)18-6-8-19(9-7-18)33-22(32)27-23(21(30)31,11-10-20(26)29)16-17-4-2-1-3-5-17/h1-9H,10-16H2,(H2,26,29)(H,27,32)(H,30,31)/t23-/m1/s1. The van der Waals surface area contributed by atoms with E-state index in [2.05, 4.69) is 5.32 Å². The van der Waals surface area contributed by atoms with Gasteiger partial charge in [0.25, 0.3) is 0 Å². The second-order valence-corrected chi connectivity index (χ2v) is 8.15. The number of carbonyl (C=O) groups excluding carboxylic acids is 2. The zero-order chi connectivity index (χ0) is 24.3. The third-order valence-electron chi connectivity index (χ3n) is 5.02. The predicted molar refractivity (Wildman–Crippen MR) is 128 cm³/mol. The van der Waals surface area contributed by atoms with Crippen LogP contribution in [0.2, 0.25) is 0 Å². The topological polar surface area (TPSA) is 122 Å². The molecule has 0 aliphatic carbocycles. The highest BCUT2D eigenvalue weighted by atomic mass is 35.5. The molecule has 2 aromatic rings. The smallest absolute Gasteiger partial charge is 0.413 e. The van der Waals surface area contributed by atoms with E-state index in [0.717, 1.165) is 5.69 Å². The number of rotatable bonds is 13. The number of amides is 2. The van der Waals surface area contributed by atoms with Crippen LogP contribution in [0, 0.1) is 0 Å². The van der Waals surface area contributed by atoms with Crippen molar-refractivity contribution in [2.45, 2.75) is 24.8 Å². The van der Waals surface area contributed by atoms with Crippen molar-refractivity contribution in [3.63, 3.8) is 0 Å². The first kappa shape index (κ1) is 26.3. The number of carboxylic acids is 1. The molecule has 0 aromatic heterocycles. The van der Waals surface area contributed by atoms with Crippen molar-refractivity contribution in [2.24, 2.45) is 5.73 Å². The van der Waals surface area contributed by atoms with Crippen molar-refractivity contribution in [3.8, 4) is 5.75 Å². The molecular formula is C23H27Cl2N3O5. The zero-order valence-corrected chi connectivity index (χ0v) is 19.5. The van der Waals surface area contributed by atoms with Crippen molar-refractivity contribution >= 4 is 46.9 Å². The summed E-state index contributed by atoms with van der Waals surface area (Å²) in [5.74, 6) is -0.874. The molecule has 0 radical (unpaired) electrons. The molecular weight excluding hydrogens is 469 g/mol. The van der Waals surface area contributed by atoms with Crippen molar-refractivity contribution < 1.29 is 24.2 Å². The van der Waals surface area contributed by atoms with Gasteiger partial charge in [-0.2, -0.15) is 0 Å². The van der Waals surface area contributed by atoms with Gasteiger partial charge in [-0.25, -0.2) is 9.59 Å². The number of nitrogens with one attached hydrogen (secondary N) is 1. The van der Waals surface area contributed by atoms with E-state index in [4.69, 9.17) is 33.7 Å². The van der Waals surface area contributed by atoms with Crippen LogP contribution in [0.4, 0.5) is 10.5 Å². The summed E-state index contributed by atoms with van der Waals surface area (Å²) in [6, 6.07) is 15.5. The fourth-order valence-corrected chi connectivity index (χ4v) is 3.75. The van der Waals surface area contributed by atoms with Crippen LogP contribution in [0.25, 0.3) is 0 Å². The fourth-order valence-electron chi connectivity index (χ4n) is 3.34. The third-order valence-corrected chi connectivity index (χ3v) is 5.36. The maximum absolute atomic E-state index is 12.6. The van der Waals surface area contributed by atoms with Crippen molar-refractivity contribution in [3.05, 3.63) is 60.2 Å². The molecule has 2 amide bonds. The number of alkyl halides is 2. The van der Waals surface area contributed by atoms with Gasteiger partial charge in [-0.3, -0.25) is 4.79 Å². The summed E-state index contributed by atoms with van der Waals surface area (Å²) >= 11 is 11.7. The van der Waals surface area contributed by atoms with Crippen LogP contribution in [0.5, 0.6) is 5.75 Å². The lowest BCUT2D eigenvalue weighted by Crippen LogP contribution is -2.57. The Balaban J connectivity index is 2.17. The molecule has 1 atom stereocenters. The molecule has 0 spiro atoms. The molecule has 0 heterocycles. The summed E-state index contributed by atoms with van der Waals surface area (Å²) < 4.78 is 5.32. The lowest BCUT2D eigenvalue weighted by atomic mass is 9.86. The molecule has 0 unspecified atom stereocenters. The summed E-state index contributed by atoms with van der Waals surface area (Å²) in [5, 5.41) is 12.4. The minimum Gasteiger partial charge on any atom is -0.479 e. The number of primary amides is 1. The van der Waals surface area contributed by atoms with Gasteiger partial charge in [-0.1, -0.05) is 30.3 Å². The summed E-state index contributed by atoms with van der Waals surface area (Å²) in [7, 11) is 0. The summed E-state index contributed by atoms with van der Waals surface area (Å²) in [6.45, 7) is 1.21. The van der Waals surface area contributed by atoms with Crippen molar-refractivity contribution in [1.29, 1.82) is 0 Å². The normalized spacial score (nSPS) is 12.4. The Bertz CT molecular complexity index is 921. The van der Waals surface area contributed by atoms with E-state index >= 15 is 0 Å². The highest BCUT2D eigenvalue weighted by Crippen LogP contribution is 2.23. The number of halogens is 2. The second-order valence-electron chi connectivity index (χ2n) is 7.39. The fraction of sp³-hybridized carbons (Fsp3) is 0.348. The van der Waals surface area contributed by atoms with Crippen LogP contribution >= 0.6 is 23.2 Å². The molecule has 178 valence electrons. The van der Waals surface area contributed by atoms with Crippen molar-refractivity contribution in [2.75, 3.05) is 29.7 Å². The third kappa shape index (κ3) is 8.14. The van der Waals surface area contributed by atoms with Crippen LogP contribution in [0.15, 0.2) is 54.6 Å². The van der Waals surface area contributed by atoms with Crippen LogP contribution in [0.3, 0.4) is 0 Å². The molecule has 0 saturated heterocycles. The number of carboxylic acid groups (broad SMARTS) is 1. The maximum atomic E-state index is 12.6. The SMILES string of the molecule is NC(=O)CC[C@](Cc1ccccc1)(NC(=O)Oc1ccc(N(CCCl)CCCl)cc1)C(=O)O. The maximum Gasteiger partial charge on any atom is 0.413 e. The van der Waals surface area contributed by atoms with Crippen LogP contribution in [-0.4, -0.2) is 53.5 Å². The van der Waals surface area contributed by atoms with Gasteiger partial charge in [0.1, 0.15) is 11.3 Å². The number of ether oxygens (including phenoxy) is 1. The van der Waals surface area contributed by atoms with Crippen LogP contribution in [-0.2, 0) is 16.0 Å². The molecule has 0 bridgehead atoms. The molecule has 0 aliphatic rings.